The second kappa shape index (κ2) is 8.45. The van der Waals surface area contributed by atoms with Gasteiger partial charge in [-0.25, -0.2) is 9.89 Å². The number of carbonyl (C=O) groups is 2. The molecule has 1 saturated heterocycles. The topological polar surface area (TPSA) is 106 Å². The highest BCUT2D eigenvalue weighted by molar-refractivity contribution is 6.42. The van der Waals surface area contributed by atoms with Crippen LogP contribution in [-0.2, 0) is 4.79 Å². The number of rotatable bonds is 4. The van der Waals surface area contributed by atoms with E-state index in [9.17, 15) is 9.59 Å². The normalized spacial score (nSPS) is 15.4. The molecule has 0 radical (unpaired) electrons. The van der Waals surface area contributed by atoms with Crippen LogP contribution in [0, 0.1) is 0 Å². The van der Waals surface area contributed by atoms with Gasteiger partial charge in [-0.15, -0.1) is 0 Å². The standard InChI is InChI=1S/C16H19Cl2N7O2/c1-10(14(26)22-15-19-9-20-23-15)21-16(27)25-6-4-24(5-7-25)11-2-3-12(17)13(18)8-11/h2-3,8-10H,4-7H2,1H3,(H,21,27)(H2,19,20,22,23,26)/t10-/m1/s1. The number of aromatic nitrogens is 3. The third-order valence-corrected chi connectivity index (χ3v) is 4.96. The maximum Gasteiger partial charge on any atom is 0.318 e. The first-order chi connectivity index (χ1) is 12.9. The molecular weight excluding hydrogens is 393 g/mol. The lowest BCUT2D eigenvalue weighted by molar-refractivity contribution is -0.117. The molecule has 27 heavy (non-hydrogen) atoms. The maximum absolute atomic E-state index is 12.4. The summed E-state index contributed by atoms with van der Waals surface area (Å²) >= 11 is 12.0. The predicted molar refractivity (Wildman–Crippen MR) is 103 cm³/mol. The Labute approximate surface area is 166 Å². The number of nitrogens with one attached hydrogen (secondary N) is 3. The van der Waals surface area contributed by atoms with Gasteiger partial charge in [0.15, 0.2) is 0 Å². The molecule has 0 saturated carbocycles. The van der Waals surface area contributed by atoms with Gasteiger partial charge >= 0.3 is 6.03 Å². The minimum atomic E-state index is -0.712. The zero-order valence-electron chi connectivity index (χ0n) is 14.6. The second-order valence-electron chi connectivity index (χ2n) is 6.07. The summed E-state index contributed by atoms with van der Waals surface area (Å²) in [6.07, 6.45) is 1.28. The third-order valence-electron chi connectivity index (χ3n) is 4.23. The molecule has 11 heteroatoms. The molecule has 0 bridgehead atoms. The molecule has 3 N–H and O–H groups in total. The minimum absolute atomic E-state index is 0.233. The largest absolute Gasteiger partial charge is 0.368 e. The van der Waals surface area contributed by atoms with Crippen molar-refractivity contribution in [2.45, 2.75) is 13.0 Å². The van der Waals surface area contributed by atoms with Gasteiger partial charge in [0.2, 0.25) is 11.9 Å². The monoisotopic (exact) mass is 411 g/mol. The number of aromatic amines is 1. The number of hydrogen-bond donors (Lipinski definition) is 3. The summed E-state index contributed by atoms with van der Waals surface area (Å²) in [7, 11) is 0. The number of piperazine rings is 1. The van der Waals surface area contributed by atoms with Gasteiger partial charge < -0.3 is 15.1 Å². The molecular formula is C16H19Cl2N7O2. The molecule has 9 nitrogen and oxygen atoms in total. The van der Waals surface area contributed by atoms with Crippen molar-refractivity contribution in [3.8, 4) is 0 Å². The van der Waals surface area contributed by atoms with E-state index in [1.165, 1.54) is 6.33 Å². The molecule has 0 unspecified atom stereocenters. The highest BCUT2D eigenvalue weighted by Crippen LogP contribution is 2.27. The summed E-state index contributed by atoms with van der Waals surface area (Å²) in [5, 5.41) is 12.4. The molecule has 3 rings (SSSR count). The summed E-state index contributed by atoms with van der Waals surface area (Å²) in [6, 6.07) is 4.47. The minimum Gasteiger partial charge on any atom is -0.368 e. The van der Waals surface area contributed by atoms with Gasteiger partial charge in [-0.05, 0) is 25.1 Å². The van der Waals surface area contributed by atoms with E-state index in [0.29, 0.717) is 36.2 Å². The molecule has 1 atom stereocenters. The van der Waals surface area contributed by atoms with E-state index < -0.39 is 6.04 Å². The van der Waals surface area contributed by atoms with Gasteiger partial charge in [0.1, 0.15) is 12.4 Å². The Hall–Kier alpha value is -2.52. The number of amides is 3. The van der Waals surface area contributed by atoms with Crippen LogP contribution in [0.5, 0.6) is 0 Å². The Morgan fingerprint density at radius 1 is 1.19 bits per heavy atom. The van der Waals surface area contributed by atoms with Crippen molar-refractivity contribution in [3.63, 3.8) is 0 Å². The SMILES string of the molecule is C[C@@H](NC(=O)N1CCN(c2ccc(Cl)c(Cl)c2)CC1)C(=O)Nc1ncn[nH]1. The van der Waals surface area contributed by atoms with E-state index in [2.05, 4.69) is 30.7 Å². The number of anilines is 2. The van der Waals surface area contributed by atoms with Crippen LogP contribution in [0.2, 0.25) is 10.0 Å². The van der Waals surface area contributed by atoms with Crippen LogP contribution in [0.4, 0.5) is 16.4 Å². The van der Waals surface area contributed by atoms with Crippen LogP contribution in [0.15, 0.2) is 24.5 Å². The van der Waals surface area contributed by atoms with Gasteiger partial charge in [-0.2, -0.15) is 10.1 Å². The second-order valence-corrected chi connectivity index (χ2v) is 6.88. The molecule has 1 aliphatic rings. The molecule has 1 aromatic heterocycles. The zero-order chi connectivity index (χ0) is 19.4. The average Bonchev–Trinajstić information content (AvgIpc) is 3.17. The number of benzene rings is 1. The number of urea groups is 1. The predicted octanol–water partition coefficient (Wildman–Crippen LogP) is 1.97. The zero-order valence-corrected chi connectivity index (χ0v) is 16.1. The van der Waals surface area contributed by atoms with Crippen LogP contribution in [0.3, 0.4) is 0 Å². The summed E-state index contributed by atoms with van der Waals surface area (Å²) in [5.41, 5.74) is 0.962. The lowest BCUT2D eigenvalue weighted by Crippen LogP contribution is -2.54. The van der Waals surface area contributed by atoms with Crippen LogP contribution in [0.1, 0.15) is 6.92 Å². The lowest BCUT2D eigenvalue weighted by Gasteiger charge is -2.36. The Bertz CT molecular complexity index is 807. The number of nitrogens with zero attached hydrogens (tertiary/aromatic N) is 4. The first kappa shape index (κ1) is 19.2. The smallest absolute Gasteiger partial charge is 0.318 e. The number of H-pyrrole nitrogens is 1. The average molecular weight is 412 g/mol. The van der Waals surface area contributed by atoms with Gasteiger partial charge in [0, 0.05) is 31.9 Å². The number of carbonyl (C=O) groups excluding carboxylic acids is 2. The molecule has 2 heterocycles. The van der Waals surface area contributed by atoms with Crippen LogP contribution in [-0.4, -0.2) is 64.2 Å². The summed E-state index contributed by atoms with van der Waals surface area (Å²) < 4.78 is 0. The molecule has 0 aliphatic carbocycles. The summed E-state index contributed by atoms with van der Waals surface area (Å²) in [4.78, 5) is 32.1. The van der Waals surface area contributed by atoms with Crippen molar-refractivity contribution in [3.05, 3.63) is 34.6 Å². The fourth-order valence-corrected chi connectivity index (χ4v) is 2.97. The summed E-state index contributed by atoms with van der Waals surface area (Å²) in [5.74, 6) is -0.147. The summed E-state index contributed by atoms with van der Waals surface area (Å²) in [6.45, 7) is 3.98. The fraction of sp³-hybridized carbons (Fsp3) is 0.375. The third kappa shape index (κ3) is 4.81. The molecule has 144 valence electrons. The molecule has 3 amide bonds. The Morgan fingerprint density at radius 2 is 1.93 bits per heavy atom. The molecule has 0 spiro atoms. The van der Waals surface area contributed by atoms with Gasteiger partial charge in [0.05, 0.1) is 10.0 Å². The molecule has 1 aromatic carbocycles. The number of hydrogen-bond acceptors (Lipinski definition) is 5. The van der Waals surface area contributed by atoms with Gasteiger partial charge in [-0.3, -0.25) is 10.1 Å². The van der Waals surface area contributed by atoms with Crippen molar-refractivity contribution < 1.29 is 9.59 Å². The van der Waals surface area contributed by atoms with Gasteiger partial charge in [0.25, 0.3) is 0 Å². The lowest BCUT2D eigenvalue weighted by atomic mass is 10.2. The van der Waals surface area contributed by atoms with Gasteiger partial charge in [-0.1, -0.05) is 23.2 Å². The van der Waals surface area contributed by atoms with Crippen molar-refractivity contribution >= 4 is 46.8 Å². The van der Waals surface area contributed by atoms with Crippen molar-refractivity contribution in [1.29, 1.82) is 0 Å². The van der Waals surface area contributed by atoms with Crippen LogP contribution >= 0.6 is 23.2 Å². The van der Waals surface area contributed by atoms with Crippen LogP contribution < -0.4 is 15.5 Å². The first-order valence-corrected chi connectivity index (χ1v) is 9.11. The Morgan fingerprint density at radius 3 is 2.56 bits per heavy atom. The fourth-order valence-electron chi connectivity index (χ4n) is 2.68. The van der Waals surface area contributed by atoms with Crippen molar-refractivity contribution in [2.24, 2.45) is 0 Å². The Balaban J connectivity index is 1.49. The first-order valence-electron chi connectivity index (χ1n) is 8.35. The van der Waals surface area contributed by atoms with E-state index in [1.54, 1.807) is 17.9 Å². The number of halogens is 2. The van der Waals surface area contributed by atoms with Crippen molar-refractivity contribution in [1.82, 2.24) is 25.4 Å². The van der Waals surface area contributed by atoms with E-state index in [-0.39, 0.29) is 17.9 Å². The Kier molecular flexibility index (Phi) is 6.02. The van der Waals surface area contributed by atoms with Crippen LogP contribution in [0.25, 0.3) is 0 Å². The molecule has 2 aromatic rings. The van der Waals surface area contributed by atoms with Crippen molar-refractivity contribution in [2.75, 3.05) is 36.4 Å². The molecule has 1 fully saturated rings. The quantitative estimate of drug-likeness (QED) is 0.712. The van der Waals surface area contributed by atoms with E-state index in [4.69, 9.17) is 23.2 Å². The highest BCUT2D eigenvalue weighted by Gasteiger charge is 2.24. The highest BCUT2D eigenvalue weighted by atomic mass is 35.5. The van der Waals surface area contributed by atoms with E-state index >= 15 is 0 Å². The maximum atomic E-state index is 12.4. The molecule has 1 aliphatic heterocycles. The van der Waals surface area contributed by atoms with E-state index in [0.717, 1.165) is 5.69 Å². The van der Waals surface area contributed by atoms with E-state index in [1.807, 2.05) is 12.1 Å².